The molecule has 0 aliphatic carbocycles. The largest absolute Gasteiger partial charge is 0.492 e. The fourth-order valence-electron chi connectivity index (χ4n) is 2.59. The molecule has 0 unspecified atom stereocenters. The quantitative estimate of drug-likeness (QED) is 0.689. The van der Waals surface area contributed by atoms with Gasteiger partial charge in [0.1, 0.15) is 5.71 Å². The molecule has 4 rings (SSSR count). The average molecular weight is 397 g/mol. The van der Waals surface area contributed by atoms with Gasteiger partial charge in [0.05, 0.1) is 19.9 Å². The number of aliphatic imine (C=N–C) groups is 1. The van der Waals surface area contributed by atoms with Gasteiger partial charge in [-0.05, 0) is 27.9 Å². The molecule has 9 heteroatoms. The van der Waals surface area contributed by atoms with E-state index >= 15 is 0 Å². The van der Waals surface area contributed by atoms with Crippen LogP contribution >= 0.6 is 38.6 Å². The molecule has 0 radical (unpaired) electrons. The first kappa shape index (κ1) is 13.9. The average Bonchev–Trinajstić information content (AvgIpc) is 3.08. The second-order valence-electron chi connectivity index (χ2n) is 4.79. The predicted octanol–water partition coefficient (Wildman–Crippen LogP) is 2.77. The third kappa shape index (κ3) is 1.93. The predicted molar refractivity (Wildman–Crippen MR) is 91.7 cm³/mol. The Morgan fingerprint density at radius 2 is 2.23 bits per heavy atom. The van der Waals surface area contributed by atoms with Crippen molar-refractivity contribution >= 4 is 72.2 Å². The molecule has 22 heavy (non-hydrogen) atoms. The number of fused-ring (bicyclic) bond motifs is 3. The summed E-state index contributed by atoms with van der Waals surface area (Å²) in [6.45, 7) is 0.482. The van der Waals surface area contributed by atoms with Crippen LogP contribution in [0.2, 0.25) is 0 Å². The van der Waals surface area contributed by atoms with E-state index in [2.05, 4.69) is 31.2 Å². The highest BCUT2D eigenvalue weighted by Gasteiger charge is 2.35. The molecular formula is C13H9BrN4O2S2. The van der Waals surface area contributed by atoms with Crippen LogP contribution in [0.25, 0.3) is 11.1 Å². The number of amides is 1. The Balaban J connectivity index is 2.02. The zero-order chi connectivity index (χ0) is 15.4. The van der Waals surface area contributed by atoms with E-state index in [-0.39, 0.29) is 11.8 Å². The van der Waals surface area contributed by atoms with Gasteiger partial charge in [0.25, 0.3) is 5.91 Å². The molecule has 0 fully saturated rings. The summed E-state index contributed by atoms with van der Waals surface area (Å²) in [6.07, 6.45) is 0.588. The van der Waals surface area contributed by atoms with E-state index in [1.807, 2.05) is 5.38 Å². The van der Waals surface area contributed by atoms with Gasteiger partial charge in [-0.3, -0.25) is 4.79 Å². The van der Waals surface area contributed by atoms with Crippen LogP contribution in [0.5, 0.6) is 5.88 Å². The first-order chi connectivity index (χ1) is 10.6. The summed E-state index contributed by atoms with van der Waals surface area (Å²) >= 11 is 6.19. The van der Waals surface area contributed by atoms with Crippen LogP contribution in [0.15, 0.2) is 14.8 Å². The van der Waals surface area contributed by atoms with E-state index in [0.29, 0.717) is 28.7 Å². The van der Waals surface area contributed by atoms with Gasteiger partial charge in [0, 0.05) is 17.5 Å². The minimum Gasteiger partial charge on any atom is -0.492 e. The second kappa shape index (κ2) is 4.90. The van der Waals surface area contributed by atoms with Crippen LogP contribution in [0.3, 0.4) is 0 Å². The summed E-state index contributed by atoms with van der Waals surface area (Å²) in [7, 11) is 0. The number of nitrogens with one attached hydrogen (secondary N) is 1. The molecule has 4 N–H and O–H groups in total. The van der Waals surface area contributed by atoms with Crippen molar-refractivity contribution < 1.29 is 9.90 Å². The Kier molecular flexibility index (Phi) is 3.10. The van der Waals surface area contributed by atoms with Gasteiger partial charge in [-0.2, -0.15) is 4.98 Å². The number of nitrogens with two attached hydrogens (primary N) is 1. The van der Waals surface area contributed by atoms with Crippen LogP contribution in [-0.4, -0.2) is 28.3 Å². The van der Waals surface area contributed by atoms with Gasteiger partial charge < -0.3 is 16.2 Å². The van der Waals surface area contributed by atoms with Gasteiger partial charge >= 0.3 is 0 Å². The monoisotopic (exact) mass is 396 g/mol. The molecule has 0 spiro atoms. The number of nitrogens with zero attached hydrogens (tertiary/aromatic N) is 2. The van der Waals surface area contributed by atoms with E-state index in [1.165, 1.54) is 22.7 Å². The third-order valence-corrected chi connectivity index (χ3v) is 6.31. The third-order valence-electron chi connectivity index (χ3n) is 3.49. The van der Waals surface area contributed by atoms with Gasteiger partial charge in [-0.25, -0.2) is 4.99 Å². The van der Waals surface area contributed by atoms with Crippen LogP contribution in [0, 0.1) is 0 Å². The molecule has 2 aliphatic rings. The number of hydrogen-bond donors (Lipinski definition) is 3. The van der Waals surface area contributed by atoms with Crippen molar-refractivity contribution in [2.45, 2.75) is 6.42 Å². The Morgan fingerprint density at radius 1 is 1.41 bits per heavy atom. The molecule has 0 saturated heterocycles. The van der Waals surface area contributed by atoms with E-state index in [0.717, 1.165) is 26.2 Å². The number of carbonyl (C=O) groups excluding carboxylic acids is 1. The summed E-state index contributed by atoms with van der Waals surface area (Å²) in [5.41, 5.74) is 8.49. The maximum atomic E-state index is 12.3. The number of rotatable bonds is 1. The second-order valence-corrected chi connectivity index (χ2v) is 7.55. The standard InChI is InChI=1S/C13H9BrN4O2S2/c14-5-3-21-10-6-4(9-12(20)18-13(15)22-9)1-2-16-11(19)8(6)17-7(5)10/h3,20H,1-2H2,(H2,15,18)(H,16,19). The Bertz CT molecular complexity index is 881. The highest BCUT2D eigenvalue weighted by Crippen LogP contribution is 2.50. The van der Waals surface area contributed by atoms with Crippen LogP contribution in [0.1, 0.15) is 16.2 Å². The van der Waals surface area contributed by atoms with Crippen molar-refractivity contribution in [1.82, 2.24) is 10.3 Å². The van der Waals surface area contributed by atoms with Gasteiger partial charge in [0.2, 0.25) is 5.88 Å². The number of thiazole rings is 1. The van der Waals surface area contributed by atoms with Gasteiger partial charge in [-0.15, -0.1) is 11.3 Å². The highest BCUT2D eigenvalue weighted by atomic mass is 79.9. The van der Waals surface area contributed by atoms with E-state index < -0.39 is 0 Å². The number of halogens is 1. The van der Waals surface area contributed by atoms with Crippen molar-refractivity contribution in [1.29, 1.82) is 0 Å². The van der Waals surface area contributed by atoms with Crippen LogP contribution in [-0.2, 0) is 4.79 Å². The Morgan fingerprint density at radius 3 is 2.95 bits per heavy atom. The normalized spacial score (nSPS) is 17.0. The molecule has 0 atom stereocenters. The van der Waals surface area contributed by atoms with Gasteiger partial charge in [-0.1, -0.05) is 11.3 Å². The number of hydrogen-bond acceptors (Lipinski definition) is 7. The lowest BCUT2D eigenvalue weighted by Crippen LogP contribution is -2.29. The number of nitrogen functional groups attached to an aromatic ring is 1. The lowest BCUT2D eigenvalue weighted by Gasteiger charge is -2.06. The highest BCUT2D eigenvalue weighted by molar-refractivity contribution is 9.10. The number of thiophene rings is 1. The summed E-state index contributed by atoms with van der Waals surface area (Å²) < 4.78 is 0.862. The summed E-state index contributed by atoms with van der Waals surface area (Å²) in [4.78, 5) is 22.1. The van der Waals surface area contributed by atoms with Crippen molar-refractivity contribution in [3.8, 4) is 5.88 Å². The van der Waals surface area contributed by atoms with E-state index in [4.69, 9.17) is 5.73 Å². The smallest absolute Gasteiger partial charge is 0.270 e. The van der Waals surface area contributed by atoms with Crippen molar-refractivity contribution in [3.63, 3.8) is 0 Å². The fourth-order valence-corrected chi connectivity index (χ4v) is 5.04. The zero-order valence-electron chi connectivity index (χ0n) is 11.0. The van der Waals surface area contributed by atoms with E-state index in [9.17, 15) is 9.90 Å². The van der Waals surface area contributed by atoms with E-state index in [1.54, 1.807) is 0 Å². The van der Waals surface area contributed by atoms with Crippen molar-refractivity contribution in [2.24, 2.45) is 4.99 Å². The molecule has 2 aromatic heterocycles. The summed E-state index contributed by atoms with van der Waals surface area (Å²) in [5, 5.41) is 15.1. The maximum Gasteiger partial charge on any atom is 0.270 e. The molecule has 0 saturated carbocycles. The Hall–Kier alpha value is -1.71. The SMILES string of the molecule is Nc1nc(O)c(C2=C3C(=Nc4c(Br)csc43)C(=O)NCC2)s1. The molecule has 112 valence electrons. The zero-order valence-corrected chi connectivity index (χ0v) is 14.2. The maximum absolute atomic E-state index is 12.3. The number of aromatic nitrogens is 1. The minimum absolute atomic E-state index is 0.0947. The fraction of sp³-hybridized carbons (Fsp3) is 0.154. The van der Waals surface area contributed by atoms with Gasteiger partial charge in [0.15, 0.2) is 5.13 Å². The molecule has 1 amide bonds. The number of aromatic hydroxyl groups is 1. The molecule has 2 aliphatic heterocycles. The first-order valence-electron chi connectivity index (χ1n) is 6.39. The summed E-state index contributed by atoms with van der Waals surface area (Å²) in [6, 6.07) is 0. The van der Waals surface area contributed by atoms with Crippen molar-refractivity contribution in [2.75, 3.05) is 12.3 Å². The molecule has 0 bridgehead atoms. The first-order valence-corrected chi connectivity index (χ1v) is 8.88. The molecule has 4 heterocycles. The molecular weight excluding hydrogens is 388 g/mol. The molecule has 0 aromatic carbocycles. The molecule has 6 nitrogen and oxygen atoms in total. The number of carbonyl (C=O) groups is 1. The number of anilines is 1. The van der Waals surface area contributed by atoms with Crippen LogP contribution in [0.4, 0.5) is 10.8 Å². The van der Waals surface area contributed by atoms with Crippen molar-refractivity contribution in [3.05, 3.63) is 19.6 Å². The topological polar surface area (TPSA) is 101 Å². The lowest BCUT2D eigenvalue weighted by molar-refractivity contribution is -0.114. The lowest BCUT2D eigenvalue weighted by atomic mass is 10.0. The minimum atomic E-state index is -0.197. The molecule has 2 aromatic rings. The summed E-state index contributed by atoms with van der Waals surface area (Å²) in [5.74, 6) is -0.292. The Labute approximate surface area is 141 Å². The van der Waals surface area contributed by atoms with Crippen LogP contribution < -0.4 is 11.1 Å².